The smallest absolute Gasteiger partial charge is 0.326 e. The van der Waals surface area contributed by atoms with Crippen molar-refractivity contribution in [3.8, 4) is 0 Å². The summed E-state index contributed by atoms with van der Waals surface area (Å²) in [6, 6.07) is -3.29. The van der Waals surface area contributed by atoms with Crippen molar-refractivity contribution in [3.05, 3.63) is 0 Å². The lowest BCUT2D eigenvalue weighted by Gasteiger charge is -2.26. The van der Waals surface area contributed by atoms with Crippen molar-refractivity contribution in [2.75, 3.05) is 25.1 Å². The van der Waals surface area contributed by atoms with Gasteiger partial charge in [-0.1, -0.05) is 13.8 Å². The molecular weight excluding hydrogens is 462 g/mol. The van der Waals surface area contributed by atoms with E-state index in [-0.39, 0.29) is 36.8 Å². The molecule has 1 aliphatic rings. The molecule has 1 fully saturated rings. The Morgan fingerprint density at radius 1 is 1.09 bits per heavy atom. The highest BCUT2D eigenvalue weighted by atomic mass is 32.2. The van der Waals surface area contributed by atoms with Crippen LogP contribution in [0.1, 0.15) is 46.0 Å². The molecule has 1 rings (SSSR count). The predicted molar refractivity (Wildman–Crippen MR) is 132 cm³/mol. The number of carboxylic acid groups (broad SMARTS) is 1. The molecule has 1 heterocycles. The highest BCUT2D eigenvalue weighted by Crippen LogP contribution is 2.09. The fourth-order valence-corrected chi connectivity index (χ4v) is 3.97. The van der Waals surface area contributed by atoms with E-state index in [1.165, 1.54) is 11.8 Å². The number of nitrogens with zero attached hydrogens (tertiary/aromatic N) is 1. The van der Waals surface area contributed by atoms with Crippen LogP contribution >= 0.6 is 11.8 Å². The lowest BCUT2D eigenvalue weighted by Crippen LogP contribution is -2.57. The van der Waals surface area contributed by atoms with Crippen molar-refractivity contribution >= 4 is 41.4 Å². The van der Waals surface area contributed by atoms with E-state index in [1.54, 1.807) is 13.8 Å². The number of nitrogens with one attached hydrogen (secondary N) is 4. The number of hydrogen-bond acceptors (Lipinski definition) is 7. The van der Waals surface area contributed by atoms with Crippen molar-refractivity contribution in [3.63, 3.8) is 0 Å². The summed E-state index contributed by atoms with van der Waals surface area (Å²) < 4.78 is 0. The van der Waals surface area contributed by atoms with E-state index in [1.807, 2.05) is 6.26 Å². The zero-order chi connectivity index (χ0) is 25.7. The van der Waals surface area contributed by atoms with Gasteiger partial charge in [0.05, 0.1) is 6.04 Å². The Morgan fingerprint density at radius 3 is 2.26 bits per heavy atom. The minimum atomic E-state index is -1.16. The van der Waals surface area contributed by atoms with E-state index in [0.717, 1.165) is 13.0 Å². The number of aliphatic imine (C=N–C) groups is 1. The van der Waals surface area contributed by atoms with Gasteiger partial charge in [0.2, 0.25) is 17.7 Å². The second-order valence-electron chi connectivity index (χ2n) is 8.57. The predicted octanol–water partition coefficient (Wildman–Crippen LogP) is -1.26. The Labute approximate surface area is 204 Å². The third-order valence-electron chi connectivity index (χ3n) is 5.43. The van der Waals surface area contributed by atoms with E-state index >= 15 is 0 Å². The molecule has 0 aromatic rings. The summed E-state index contributed by atoms with van der Waals surface area (Å²) in [5.74, 6) is -2.35. The Balaban J connectivity index is 2.94. The molecule has 0 spiro atoms. The van der Waals surface area contributed by atoms with Crippen molar-refractivity contribution in [2.24, 2.45) is 22.4 Å². The molecule has 0 aliphatic carbocycles. The standard InChI is InChI=1S/C21H39N7O5S/c1-12(2)16(20(32)33)28-19(31)14(7-5-10-25-21(22)23)26-18(30)15(8-11-34-3)27-17(29)13-6-4-9-24-13/h12-16,24H,4-11H2,1-3H3,(H,26,30)(H,27,29)(H,28,31)(H,32,33)(H4,22,23,25). The van der Waals surface area contributed by atoms with Crippen LogP contribution in [0.15, 0.2) is 4.99 Å². The van der Waals surface area contributed by atoms with Gasteiger partial charge in [0, 0.05) is 6.54 Å². The maximum absolute atomic E-state index is 13.1. The summed E-state index contributed by atoms with van der Waals surface area (Å²) in [7, 11) is 0. The first-order chi connectivity index (χ1) is 16.1. The Bertz CT molecular complexity index is 724. The van der Waals surface area contributed by atoms with E-state index in [0.29, 0.717) is 25.0 Å². The van der Waals surface area contributed by atoms with Crippen LogP contribution in [-0.2, 0) is 19.2 Å². The van der Waals surface area contributed by atoms with Crippen molar-refractivity contribution in [1.29, 1.82) is 0 Å². The fourth-order valence-electron chi connectivity index (χ4n) is 3.50. The number of amides is 3. The molecule has 9 N–H and O–H groups in total. The lowest BCUT2D eigenvalue weighted by molar-refractivity contribution is -0.143. The van der Waals surface area contributed by atoms with E-state index in [9.17, 15) is 24.3 Å². The monoisotopic (exact) mass is 501 g/mol. The number of thioether (sulfide) groups is 1. The summed E-state index contributed by atoms with van der Waals surface area (Å²) in [5.41, 5.74) is 10.7. The maximum Gasteiger partial charge on any atom is 0.326 e. The van der Waals surface area contributed by atoms with Crippen LogP contribution in [0.5, 0.6) is 0 Å². The van der Waals surface area contributed by atoms with Crippen LogP contribution in [0, 0.1) is 5.92 Å². The van der Waals surface area contributed by atoms with Crippen LogP contribution in [0.2, 0.25) is 0 Å². The number of guanidine groups is 1. The highest BCUT2D eigenvalue weighted by Gasteiger charge is 2.31. The molecule has 0 aromatic heterocycles. The van der Waals surface area contributed by atoms with Gasteiger partial charge in [0.15, 0.2) is 5.96 Å². The van der Waals surface area contributed by atoms with Crippen molar-refractivity contribution in [2.45, 2.75) is 70.1 Å². The van der Waals surface area contributed by atoms with Crippen LogP contribution < -0.4 is 32.7 Å². The third kappa shape index (κ3) is 10.6. The molecule has 0 radical (unpaired) electrons. The number of nitrogens with two attached hydrogens (primary N) is 2. The molecule has 0 saturated carbocycles. The van der Waals surface area contributed by atoms with Gasteiger partial charge < -0.3 is 37.8 Å². The molecule has 0 bridgehead atoms. The molecule has 0 aromatic carbocycles. The van der Waals surface area contributed by atoms with Crippen LogP contribution in [0.25, 0.3) is 0 Å². The molecule has 12 nitrogen and oxygen atoms in total. The number of rotatable bonds is 15. The number of carbonyl (C=O) groups excluding carboxylic acids is 3. The first kappa shape index (κ1) is 29.5. The molecule has 13 heteroatoms. The minimum absolute atomic E-state index is 0.0869. The summed E-state index contributed by atoms with van der Waals surface area (Å²) in [6.07, 6.45) is 4.43. The normalized spacial score (nSPS) is 17.9. The zero-order valence-corrected chi connectivity index (χ0v) is 21.0. The topological polar surface area (TPSA) is 201 Å². The van der Waals surface area contributed by atoms with Crippen LogP contribution in [0.3, 0.4) is 0 Å². The lowest BCUT2D eigenvalue weighted by atomic mass is 10.0. The first-order valence-electron chi connectivity index (χ1n) is 11.5. The first-order valence-corrected chi connectivity index (χ1v) is 12.9. The minimum Gasteiger partial charge on any atom is -0.480 e. The van der Waals surface area contributed by atoms with Crippen molar-refractivity contribution < 1.29 is 24.3 Å². The highest BCUT2D eigenvalue weighted by molar-refractivity contribution is 7.98. The van der Waals surface area contributed by atoms with Gasteiger partial charge in [0.1, 0.15) is 18.1 Å². The van der Waals surface area contributed by atoms with E-state index in [2.05, 4.69) is 26.3 Å². The number of carboxylic acids is 1. The van der Waals surface area contributed by atoms with E-state index < -0.39 is 35.9 Å². The zero-order valence-electron chi connectivity index (χ0n) is 20.1. The summed E-state index contributed by atoms with van der Waals surface area (Å²) >= 11 is 1.54. The van der Waals surface area contributed by atoms with Crippen molar-refractivity contribution in [1.82, 2.24) is 21.3 Å². The summed E-state index contributed by atoms with van der Waals surface area (Å²) in [5, 5.41) is 20.5. The van der Waals surface area contributed by atoms with Gasteiger partial charge in [-0.05, 0) is 56.6 Å². The Morgan fingerprint density at radius 2 is 1.74 bits per heavy atom. The summed E-state index contributed by atoms with van der Waals surface area (Å²) in [6.45, 7) is 4.35. The maximum atomic E-state index is 13.1. The Hall–Kier alpha value is -2.54. The third-order valence-corrected chi connectivity index (χ3v) is 6.07. The number of carbonyl (C=O) groups is 4. The second kappa shape index (κ2) is 15.4. The fraction of sp³-hybridized carbons (Fsp3) is 0.762. The summed E-state index contributed by atoms with van der Waals surface area (Å²) in [4.78, 5) is 54.0. The molecule has 3 amide bonds. The Kier molecular flexibility index (Phi) is 13.3. The number of hydrogen-bond donors (Lipinski definition) is 7. The molecular formula is C21H39N7O5S. The number of aliphatic carboxylic acids is 1. The molecule has 1 aliphatic heterocycles. The van der Waals surface area contributed by atoms with Gasteiger partial charge in [-0.2, -0.15) is 11.8 Å². The van der Waals surface area contributed by atoms with Gasteiger partial charge >= 0.3 is 5.97 Å². The molecule has 4 unspecified atom stereocenters. The average Bonchev–Trinajstić information content (AvgIpc) is 3.31. The molecule has 1 saturated heterocycles. The molecule has 194 valence electrons. The van der Waals surface area contributed by atoms with Gasteiger partial charge in [-0.3, -0.25) is 19.4 Å². The van der Waals surface area contributed by atoms with Gasteiger partial charge in [0.25, 0.3) is 0 Å². The molecule has 34 heavy (non-hydrogen) atoms. The largest absolute Gasteiger partial charge is 0.480 e. The molecule has 4 atom stereocenters. The van der Waals surface area contributed by atoms with E-state index in [4.69, 9.17) is 11.5 Å². The van der Waals surface area contributed by atoms with Gasteiger partial charge in [-0.25, -0.2) is 4.79 Å². The van der Waals surface area contributed by atoms with Crippen LogP contribution in [-0.4, -0.2) is 84.0 Å². The quantitative estimate of drug-likeness (QED) is 0.0812. The van der Waals surface area contributed by atoms with Crippen LogP contribution in [0.4, 0.5) is 0 Å². The SMILES string of the molecule is CSCCC(NC(=O)C1CCCN1)C(=O)NC(CCCN=C(N)N)C(=O)NC(C(=O)O)C(C)C. The van der Waals surface area contributed by atoms with Gasteiger partial charge in [-0.15, -0.1) is 0 Å². The second-order valence-corrected chi connectivity index (χ2v) is 9.56. The average molecular weight is 502 g/mol.